The van der Waals surface area contributed by atoms with Crippen LogP contribution in [-0.2, 0) is 19.9 Å². The van der Waals surface area contributed by atoms with E-state index in [1.165, 1.54) is 11.3 Å². The standard InChI is InChI=1S/C22H24O4S/c1-21(2)16-10-15(11-17(21)19-18(16)26-19)25-20(23)22(24,14-8-9-27-12-14)13-6-4-3-5-7-13/h3-9,12,15-19,24H,10-11H2,1-2H3. The number of ether oxygens (including phenoxy) is 2. The van der Waals surface area contributed by atoms with E-state index in [1.54, 1.807) is 18.2 Å². The van der Waals surface area contributed by atoms with Gasteiger partial charge in [0.1, 0.15) is 6.10 Å². The van der Waals surface area contributed by atoms with Crippen molar-refractivity contribution in [2.45, 2.75) is 50.6 Å². The lowest BCUT2D eigenvalue weighted by Gasteiger charge is -2.43. The molecule has 1 aliphatic heterocycles. The Morgan fingerprint density at radius 1 is 1.15 bits per heavy atom. The second-order valence-corrected chi connectivity index (χ2v) is 9.47. The molecule has 2 saturated carbocycles. The van der Waals surface area contributed by atoms with E-state index in [2.05, 4.69) is 13.8 Å². The first-order valence-corrected chi connectivity index (χ1v) is 10.5. The van der Waals surface area contributed by atoms with Gasteiger partial charge in [0.15, 0.2) is 0 Å². The van der Waals surface area contributed by atoms with E-state index >= 15 is 0 Å². The van der Waals surface area contributed by atoms with Crippen LogP contribution in [-0.4, -0.2) is 29.4 Å². The number of rotatable bonds is 4. The van der Waals surface area contributed by atoms with E-state index in [0.29, 0.717) is 35.2 Å². The van der Waals surface area contributed by atoms with Crippen molar-refractivity contribution in [2.75, 3.05) is 0 Å². The van der Waals surface area contributed by atoms with Gasteiger partial charge in [-0.15, -0.1) is 0 Å². The Hall–Kier alpha value is -1.69. The minimum Gasteiger partial charge on any atom is -0.460 e. The molecule has 1 aromatic carbocycles. The van der Waals surface area contributed by atoms with Gasteiger partial charge in [-0.2, -0.15) is 11.3 Å². The molecule has 3 fully saturated rings. The van der Waals surface area contributed by atoms with Crippen molar-refractivity contribution in [1.29, 1.82) is 0 Å². The molecule has 0 spiro atoms. The average molecular weight is 384 g/mol. The highest BCUT2D eigenvalue weighted by atomic mass is 32.1. The number of benzene rings is 1. The molecule has 0 radical (unpaired) electrons. The zero-order valence-corrected chi connectivity index (χ0v) is 16.3. The van der Waals surface area contributed by atoms with Gasteiger partial charge >= 0.3 is 5.97 Å². The largest absolute Gasteiger partial charge is 0.460 e. The summed E-state index contributed by atoms with van der Waals surface area (Å²) < 4.78 is 11.8. The first-order valence-electron chi connectivity index (χ1n) is 9.59. The Bertz CT molecular complexity index is 826. The lowest BCUT2D eigenvalue weighted by molar-refractivity contribution is -0.174. The van der Waals surface area contributed by atoms with Crippen LogP contribution in [0.5, 0.6) is 0 Å². The molecule has 2 aromatic rings. The summed E-state index contributed by atoms with van der Waals surface area (Å²) in [5.41, 5.74) is -0.431. The number of fused-ring (bicyclic) bond motifs is 5. The molecule has 2 aliphatic carbocycles. The number of hydrogen-bond acceptors (Lipinski definition) is 5. The van der Waals surface area contributed by atoms with E-state index in [1.807, 2.05) is 29.0 Å². The number of carbonyl (C=O) groups is 1. The van der Waals surface area contributed by atoms with Crippen LogP contribution in [0.25, 0.3) is 0 Å². The maximum Gasteiger partial charge on any atom is 0.347 e. The van der Waals surface area contributed by atoms with E-state index in [9.17, 15) is 9.90 Å². The maximum absolute atomic E-state index is 13.2. The molecule has 5 rings (SSSR count). The van der Waals surface area contributed by atoms with Crippen LogP contribution in [0.2, 0.25) is 0 Å². The highest BCUT2D eigenvalue weighted by molar-refractivity contribution is 7.08. The lowest BCUT2D eigenvalue weighted by atomic mass is 9.66. The molecule has 0 amide bonds. The SMILES string of the molecule is CC1(C)C2CC(OC(=O)C(O)(c3ccccc3)c3ccsc3)CC1C1OC12. The zero-order valence-electron chi connectivity index (χ0n) is 15.5. The van der Waals surface area contributed by atoms with Crippen LogP contribution in [0, 0.1) is 17.3 Å². The first kappa shape index (κ1) is 17.4. The Balaban J connectivity index is 1.41. The molecule has 142 valence electrons. The molecule has 3 aliphatic rings. The molecule has 2 heterocycles. The van der Waals surface area contributed by atoms with Gasteiger partial charge < -0.3 is 14.6 Å². The average Bonchev–Trinajstić information content (AvgIpc) is 3.20. The van der Waals surface area contributed by atoms with E-state index in [4.69, 9.17) is 9.47 Å². The van der Waals surface area contributed by atoms with Crippen molar-refractivity contribution in [3.63, 3.8) is 0 Å². The molecule has 5 unspecified atom stereocenters. The minimum absolute atomic E-state index is 0.161. The first-order chi connectivity index (χ1) is 12.9. The molecular weight excluding hydrogens is 360 g/mol. The normalized spacial score (nSPS) is 35.1. The second-order valence-electron chi connectivity index (χ2n) is 8.69. The van der Waals surface area contributed by atoms with Gasteiger partial charge in [0, 0.05) is 5.56 Å². The van der Waals surface area contributed by atoms with Crippen molar-refractivity contribution in [1.82, 2.24) is 0 Å². The number of esters is 1. The fraction of sp³-hybridized carbons (Fsp3) is 0.500. The monoisotopic (exact) mass is 384 g/mol. The summed E-state index contributed by atoms with van der Waals surface area (Å²) in [6.07, 6.45) is 2.12. The summed E-state index contributed by atoms with van der Waals surface area (Å²) >= 11 is 1.46. The van der Waals surface area contributed by atoms with Gasteiger partial charge in [-0.3, -0.25) is 0 Å². The number of hydrogen-bond donors (Lipinski definition) is 1. The number of epoxide rings is 1. The van der Waals surface area contributed by atoms with Gasteiger partial charge in [0.05, 0.1) is 12.2 Å². The summed E-state index contributed by atoms with van der Waals surface area (Å²) in [6, 6.07) is 10.9. The lowest BCUT2D eigenvalue weighted by Crippen LogP contribution is -2.45. The van der Waals surface area contributed by atoms with Gasteiger partial charge in [-0.1, -0.05) is 44.2 Å². The Labute approximate surface area is 163 Å². The van der Waals surface area contributed by atoms with E-state index in [0.717, 1.165) is 12.8 Å². The molecule has 5 heteroatoms. The quantitative estimate of drug-likeness (QED) is 0.645. The summed E-state index contributed by atoms with van der Waals surface area (Å²) in [6.45, 7) is 4.61. The highest BCUT2D eigenvalue weighted by Gasteiger charge is 2.68. The zero-order chi connectivity index (χ0) is 18.8. The number of thiophene rings is 1. The third kappa shape index (κ3) is 2.52. The van der Waals surface area contributed by atoms with Crippen molar-refractivity contribution in [2.24, 2.45) is 17.3 Å². The van der Waals surface area contributed by atoms with E-state index < -0.39 is 11.6 Å². The predicted octanol–water partition coefficient (Wildman–Crippen LogP) is 3.73. The van der Waals surface area contributed by atoms with Crippen molar-refractivity contribution in [3.05, 3.63) is 58.3 Å². The van der Waals surface area contributed by atoms with Gasteiger partial charge in [0.25, 0.3) is 0 Å². The van der Waals surface area contributed by atoms with Crippen molar-refractivity contribution < 1.29 is 19.4 Å². The van der Waals surface area contributed by atoms with Crippen LogP contribution >= 0.6 is 11.3 Å². The Morgan fingerprint density at radius 3 is 2.41 bits per heavy atom. The third-order valence-corrected chi connectivity index (χ3v) is 7.68. The minimum atomic E-state index is -1.77. The molecule has 1 saturated heterocycles. The fourth-order valence-corrected chi connectivity index (χ4v) is 6.03. The fourth-order valence-electron chi connectivity index (χ4n) is 5.33. The highest BCUT2D eigenvalue weighted by Crippen LogP contribution is 2.63. The molecule has 4 nitrogen and oxygen atoms in total. The van der Waals surface area contributed by atoms with Crippen LogP contribution in [0.1, 0.15) is 37.8 Å². The van der Waals surface area contributed by atoms with E-state index in [-0.39, 0.29) is 11.5 Å². The number of carbonyl (C=O) groups excluding carboxylic acids is 1. The summed E-state index contributed by atoms with van der Waals surface area (Å²) in [5.74, 6) is 0.265. The Kier molecular flexibility index (Phi) is 3.81. The summed E-state index contributed by atoms with van der Waals surface area (Å²) in [7, 11) is 0. The van der Waals surface area contributed by atoms with Gasteiger partial charge in [-0.25, -0.2) is 4.79 Å². The van der Waals surface area contributed by atoms with Crippen LogP contribution in [0.15, 0.2) is 47.2 Å². The Morgan fingerprint density at radius 2 is 1.81 bits per heavy atom. The molecule has 1 aromatic heterocycles. The third-order valence-electron chi connectivity index (χ3n) is 7.00. The molecule has 2 bridgehead atoms. The summed E-state index contributed by atoms with van der Waals surface area (Å²) in [4.78, 5) is 13.2. The number of aliphatic hydroxyl groups is 1. The molecule has 5 atom stereocenters. The topological polar surface area (TPSA) is 59.1 Å². The smallest absolute Gasteiger partial charge is 0.347 e. The van der Waals surface area contributed by atoms with Gasteiger partial charge in [0.2, 0.25) is 5.60 Å². The van der Waals surface area contributed by atoms with Gasteiger partial charge in [-0.05, 0) is 52.5 Å². The summed E-state index contributed by atoms with van der Waals surface area (Å²) in [5, 5.41) is 15.1. The molecular formula is C22H24O4S. The van der Waals surface area contributed by atoms with Crippen LogP contribution in [0.4, 0.5) is 0 Å². The van der Waals surface area contributed by atoms with Crippen LogP contribution in [0.3, 0.4) is 0 Å². The maximum atomic E-state index is 13.2. The molecule has 1 N–H and O–H groups in total. The molecule has 27 heavy (non-hydrogen) atoms. The second kappa shape index (κ2) is 5.90. The predicted molar refractivity (Wildman–Crippen MR) is 102 cm³/mol. The van der Waals surface area contributed by atoms with Crippen LogP contribution < -0.4 is 0 Å². The van der Waals surface area contributed by atoms with Crippen molar-refractivity contribution in [3.8, 4) is 0 Å². The van der Waals surface area contributed by atoms with Crippen molar-refractivity contribution >= 4 is 17.3 Å².